The minimum Gasteiger partial charge on any atom is -0.344 e. The lowest BCUT2D eigenvalue weighted by Crippen LogP contribution is -2.40. The lowest BCUT2D eigenvalue weighted by atomic mass is 9.88. The minimum atomic E-state index is 0. The maximum absolute atomic E-state index is 6.15. The van der Waals surface area contributed by atoms with E-state index in [9.17, 15) is 0 Å². The van der Waals surface area contributed by atoms with Crippen LogP contribution < -0.4 is 5.73 Å². The summed E-state index contributed by atoms with van der Waals surface area (Å²) in [5.41, 5.74) is 10.4. The van der Waals surface area contributed by atoms with Gasteiger partial charge in [-0.2, -0.15) is 0 Å². The van der Waals surface area contributed by atoms with Crippen LogP contribution in [0, 0.1) is 11.8 Å². The Balaban J connectivity index is 0.00000228. The summed E-state index contributed by atoms with van der Waals surface area (Å²) in [6.45, 7) is 3.39. The number of para-hydroxylation sites is 1. The number of rotatable bonds is 6. The number of fused-ring (bicyclic) bond motifs is 3. The van der Waals surface area contributed by atoms with Gasteiger partial charge in [0.2, 0.25) is 0 Å². The molecule has 2 aromatic heterocycles. The normalized spacial score (nSPS) is 26.5. The third-order valence-corrected chi connectivity index (χ3v) is 8.66. The van der Waals surface area contributed by atoms with Crippen molar-refractivity contribution in [1.29, 1.82) is 0 Å². The Bertz CT molecular complexity index is 1060. The number of nitrogens with zero attached hydrogens (tertiary/aromatic N) is 3. The zero-order valence-corrected chi connectivity index (χ0v) is 20.3. The van der Waals surface area contributed by atoms with Crippen LogP contribution in [0.2, 0.25) is 0 Å². The SMILES string of the molecule is Cl.NC1CCN(CCC(c2cccnc2)c2cn(C3CC4CCC3C4)c3ccccc23)CC1. The van der Waals surface area contributed by atoms with Gasteiger partial charge in [0.05, 0.1) is 0 Å². The van der Waals surface area contributed by atoms with Crippen molar-refractivity contribution in [3.63, 3.8) is 0 Å². The summed E-state index contributed by atoms with van der Waals surface area (Å²) in [6.07, 6.45) is 15.6. The summed E-state index contributed by atoms with van der Waals surface area (Å²) in [7, 11) is 0. The van der Waals surface area contributed by atoms with Crippen LogP contribution in [0.15, 0.2) is 55.0 Å². The van der Waals surface area contributed by atoms with Crippen molar-refractivity contribution in [3.8, 4) is 0 Å². The summed E-state index contributed by atoms with van der Waals surface area (Å²) < 4.78 is 2.66. The average Bonchev–Trinajstić information content (AvgIpc) is 3.56. The molecule has 176 valence electrons. The van der Waals surface area contributed by atoms with Crippen molar-refractivity contribution in [2.45, 2.75) is 62.9 Å². The van der Waals surface area contributed by atoms with Crippen molar-refractivity contribution in [3.05, 3.63) is 66.1 Å². The molecule has 4 unspecified atom stereocenters. The molecule has 3 fully saturated rings. The van der Waals surface area contributed by atoms with E-state index in [0.717, 1.165) is 50.7 Å². The highest BCUT2D eigenvalue weighted by Gasteiger charge is 2.41. The molecule has 3 heterocycles. The van der Waals surface area contributed by atoms with E-state index in [-0.39, 0.29) is 12.4 Å². The monoisotopic (exact) mass is 464 g/mol. The zero-order chi connectivity index (χ0) is 21.5. The lowest BCUT2D eigenvalue weighted by molar-refractivity contribution is 0.208. The molecular formula is C28H37ClN4. The Morgan fingerprint density at radius 2 is 1.85 bits per heavy atom. The second-order valence-corrected chi connectivity index (χ2v) is 10.6. The number of benzene rings is 1. The fourth-order valence-corrected chi connectivity index (χ4v) is 6.91. The van der Waals surface area contributed by atoms with E-state index in [4.69, 9.17) is 5.73 Å². The molecule has 2 saturated carbocycles. The number of nitrogens with two attached hydrogens (primary N) is 1. The third kappa shape index (κ3) is 4.45. The highest BCUT2D eigenvalue weighted by Crippen LogP contribution is 2.52. The molecular weight excluding hydrogens is 428 g/mol. The Morgan fingerprint density at radius 1 is 1.00 bits per heavy atom. The van der Waals surface area contributed by atoms with Crippen LogP contribution in [0.5, 0.6) is 0 Å². The first-order valence-corrected chi connectivity index (χ1v) is 12.7. The largest absolute Gasteiger partial charge is 0.344 e. The van der Waals surface area contributed by atoms with Crippen LogP contribution in [0.4, 0.5) is 0 Å². The molecule has 2 bridgehead atoms. The van der Waals surface area contributed by atoms with Gasteiger partial charge in [-0.15, -0.1) is 12.4 Å². The Kier molecular flexibility index (Phi) is 6.78. The van der Waals surface area contributed by atoms with Crippen molar-refractivity contribution in [2.75, 3.05) is 19.6 Å². The second-order valence-electron chi connectivity index (χ2n) is 10.6. The van der Waals surface area contributed by atoms with Crippen molar-refractivity contribution in [1.82, 2.24) is 14.5 Å². The number of aromatic nitrogens is 2. The number of hydrogen-bond donors (Lipinski definition) is 1. The molecule has 0 spiro atoms. The predicted octanol–water partition coefficient (Wildman–Crippen LogP) is 5.76. The molecule has 4 nitrogen and oxygen atoms in total. The van der Waals surface area contributed by atoms with Crippen molar-refractivity contribution >= 4 is 23.3 Å². The number of halogens is 1. The first kappa shape index (κ1) is 22.9. The molecule has 1 saturated heterocycles. The standard InChI is InChI=1S/C28H36N4.ClH/c29-23-9-13-31(14-10-23)15-11-24(22-4-3-12-30-18-22)26-19-32(27-6-2-1-5-25(26)27)28-17-20-7-8-21(28)16-20;/h1-6,12,18-21,23-24,28H,7-11,13-17,29H2;1H. The molecule has 0 amide bonds. The number of hydrogen-bond acceptors (Lipinski definition) is 3. The molecule has 5 heteroatoms. The summed E-state index contributed by atoms with van der Waals surface area (Å²) in [5, 5.41) is 1.43. The maximum atomic E-state index is 6.15. The predicted molar refractivity (Wildman–Crippen MR) is 138 cm³/mol. The van der Waals surface area contributed by atoms with Gasteiger partial charge in [0.15, 0.2) is 0 Å². The van der Waals surface area contributed by atoms with Crippen LogP contribution in [0.25, 0.3) is 10.9 Å². The van der Waals surface area contributed by atoms with Gasteiger partial charge in [-0.25, -0.2) is 0 Å². The highest BCUT2D eigenvalue weighted by atomic mass is 35.5. The molecule has 1 aliphatic heterocycles. The highest BCUT2D eigenvalue weighted by molar-refractivity contribution is 5.85. The van der Waals surface area contributed by atoms with Crippen LogP contribution in [-0.4, -0.2) is 40.1 Å². The molecule has 1 aromatic carbocycles. The number of pyridine rings is 1. The molecule has 33 heavy (non-hydrogen) atoms. The molecule has 6 rings (SSSR count). The van der Waals surface area contributed by atoms with Gasteiger partial charge in [-0.3, -0.25) is 4.98 Å². The van der Waals surface area contributed by atoms with E-state index in [1.807, 2.05) is 6.20 Å². The van der Waals surface area contributed by atoms with Gasteiger partial charge >= 0.3 is 0 Å². The van der Waals surface area contributed by atoms with Crippen LogP contribution in [0.3, 0.4) is 0 Å². The Hall–Kier alpha value is -1.88. The molecule has 0 radical (unpaired) electrons. The van der Waals surface area contributed by atoms with Crippen LogP contribution in [-0.2, 0) is 0 Å². The van der Waals surface area contributed by atoms with Gasteiger partial charge in [-0.1, -0.05) is 30.7 Å². The second kappa shape index (κ2) is 9.77. The molecule has 2 N–H and O–H groups in total. The van der Waals surface area contributed by atoms with E-state index in [1.54, 1.807) is 0 Å². The summed E-state index contributed by atoms with van der Waals surface area (Å²) >= 11 is 0. The average molecular weight is 465 g/mol. The van der Waals surface area contributed by atoms with Crippen molar-refractivity contribution in [2.24, 2.45) is 17.6 Å². The fraction of sp³-hybridized carbons (Fsp3) is 0.536. The van der Waals surface area contributed by atoms with Crippen LogP contribution >= 0.6 is 12.4 Å². The summed E-state index contributed by atoms with van der Waals surface area (Å²) in [6, 6.07) is 14.6. The van der Waals surface area contributed by atoms with E-state index >= 15 is 0 Å². The zero-order valence-electron chi connectivity index (χ0n) is 19.5. The smallest absolute Gasteiger partial charge is 0.0486 e. The minimum absolute atomic E-state index is 0. The van der Waals surface area contributed by atoms with Gasteiger partial charge in [-0.05, 0) is 93.3 Å². The van der Waals surface area contributed by atoms with E-state index in [2.05, 4.69) is 63.2 Å². The maximum Gasteiger partial charge on any atom is 0.0486 e. The third-order valence-electron chi connectivity index (χ3n) is 8.66. The summed E-state index contributed by atoms with van der Waals surface area (Å²) in [4.78, 5) is 7.11. The van der Waals surface area contributed by atoms with Gasteiger partial charge < -0.3 is 15.2 Å². The van der Waals surface area contributed by atoms with Gasteiger partial charge in [0.25, 0.3) is 0 Å². The van der Waals surface area contributed by atoms with Crippen molar-refractivity contribution < 1.29 is 0 Å². The van der Waals surface area contributed by atoms with E-state index in [1.165, 1.54) is 47.7 Å². The summed E-state index contributed by atoms with van der Waals surface area (Å²) in [5.74, 6) is 2.20. The lowest BCUT2D eigenvalue weighted by Gasteiger charge is -2.31. The molecule has 3 aliphatic rings. The number of likely N-dealkylation sites (tertiary alicyclic amines) is 1. The fourth-order valence-electron chi connectivity index (χ4n) is 6.91. The molecule has 2 aliphatic carbocycles. The Morgan fingerprint density at radius 3 is 2.58 bits per heavy atom. The van der Waals surface area contributed by atoms with Crippen LogP contribution in [0.1, 0.15) is 68.0 Å². The first-order chi connectivity index (χ1) is 15.8. The van der Waals surface area contributed by atoms with E-state index < -0.39 is 0 Å². The molecule has 4 atom stereocenters. The van der Waals surface area contributed by atoms with Gasteiger partial charge in [0.1, 0.15) is 0 Å². The van der Waals surface area contributed by atoms with Gasteiger partial charge in [0, 0.05) is 47.5 Å². The first-order valence-electron chi connectivity index (χ1n) is 12.7. The topological polar surface area (TPSA) is 47.1 Å². The van der Waals surface area contributed by atoms with E-state index in [0.29, 0.717) is 18.0 Å². The quantitative estimate of drug-likeness (QED) is 0.504. The Labute approximate surface area is 204 Å². The molecule has 3 aromatic rings. The number of piperidine rings is 1.